The Balaban J connectivity index is 1.08. The van der Waals surface area contributed by atoms with Crippen molar-refractivity contribution in [2.75, 3.05) is 9.80 Å². The van der Waals surface area contributed by atoms with Gasteiger partial charge < -0.3 is 9.80 Å². The minimum absolute atomic E-state index is 0.184. The fraction of sp³-hybridized carbons (Fsp3) is 0.160. The van der Waals surface area contributed by atoms with Gasteiger partial charge in [0.05, 0.1) is 0 Å². The van der Waals surface area contributed by atoms with Crippen LogP contribution in [0.4, 0.5) is 34.1 Å². The van der Waals surface area contributed by atoms with Crippen LogP contribution < -0.4 is 9.80 Å². The SMILES string of the molecule is CC1(C)CCC(C)(C)c2cc(-c3ccc(N(c4ccccc4)c4ccc(-c5ccc(N(c6ccccc6)c6ccccc6)cc5)cc4)cc3)ccc21. The topological polar surface area (TPSA) is 6.48 Å². The normalized spacial score (nSPS) is 14.3. The van der Waals surface area contributed by atoms with E-state index in [1.54, 1.807) is 0 Å². The van der Waals surface area contributed by atoms with Crippen molar-refractivity contribution in [2.45, 2.75) is 51.4 Å². The second-order valence-corrected chi connectivity index (χ2v) is 15.3. The Bertz CT molecular complexity index is 2210. The van der Waals surface area contributed by atoms with Crippen LogP contribution in [0, 0.1) is 0 Å². The Morgan fingerprint density at radius 3 is 0.962 bits per heavy atom. The summed E-state index contributed by atoms with van der Waals surface area (Å²) in [5, 5.41) is 0. The largest absolute Gasteiger partial charge is 0.311 e. The molecule has 2 nitrogen and oxygen atoms in total. The second kappa shape index (κ2) is 13.7. The summed E-state index contributed by atoms with van der Waals surface area (Å²) in [6.07, 6.45) is 2.44. The molecule has 7 aromatic rings. The average molecular weight is 675 g/mol. The minimum atomic E-state index is 0.184. The van der Waals surface area contributed by atoms with E-state index in [0.29, 0.717) is 0 Å². The van der Waals surface area contributed by atoms with Crippen molar-refractivity contribution in [3.8, 4) is 22.3 Å². The zero-order valence-electron chi connectivity index (χ0n) is 30.6. The van der Waals surface area contributed by atoms with Crippen molar-refractivity contribution in [1.29, 1.82) is 0 Å². The van der Waals surface area contributed by atoms with Crippen molar-refractivity contribution in [3.63, 3.8) is 0 Å². The first-order valence-electron chi connectivity index (χ1n) is 18.5. The van der Waals surface area contributed by atoms with Gasteiger partial charge in [0.1, 0.15) is 0 Å². The third-order valence-corrected chi connectivity index (χ3v) is 10.9. The molecule has 0 saturated carbocycles. The van der Waals surface area contributed by atoms with Crippen LogP contribution in [0.25, 0.3) is 22.3 Å². The quantitative estimate of drug-likeness (QED) is 0.158. The summed E-state index contributed by atoms with van der Waals surface area (Å²) in [7, 11) is 0. The predicted octanol–water partition coefficient (Wildman–Crippen LogP) is 14.3. The van der Waals surface area contributed by atoms with Gasteiger partial charge in [-0.25, -0.2) is 0 Å². The monoisotopic (exact) mass is 674 g/mol. The lowest BCUT2D eigenvalue weighted by molar-refractivity contribution is 0.332. The van der Waals surface area contributed by atoms with Crippen LogP contribution in [0.2, 0.25) is 0 Å². The number of hydrogen-bond acceptors (Lipinski definition) is 2. The van der Waals surface area contributed by atoms with E-state index in [1.807, 2.05) is 0 Å². The lowest BCUT2D eigenvalue weighted by Gasteiger charge is -2.42. The first kappa shape index (κ1) is 33.3. The molecule has 52 heavy (non-hydrogen) atoms. The Kier molecular flexibility index (Phi) is 8.77. The molecular formula is C50H46N2. The van der Waals surface area contributed by atoms with E-state index in [0.717, 1.165) is 34.1 Å². The molecule has 2 heteroatoms. The lowest BCUT2D eigenvalue weighted by atomic mass is 9.63. The van der Waals surface area contributed by atoms with Crippen LogP contribution >= 0.6 is 0 Å². The van der Waals surface area contributed by atoms with E-state index < -0.39 is 0 Å². The molecule has 0 atom stereocenters. The molecule has 1 aliphatic rings. The van der Waals surface area contributed by atoms with E-state index in [2.05, 4.69) is 219 Å². The highest BCUT2D eigenvalue weighted by Crippen LogP contribution is 2.47. The number of benzene rings is 7. The summed E-state index contributed by atoms with van der Waals surface area (Å²) in [6, 6.07) is 65.8. The predicted molar refractivity (Wildman–Crippen MR) is 222 cm³/mol. The molecule has 0 saturated heterocycles. The molecule has 0 aromatic heterocycles. The fourth-order valence-electron chi connectivity index (χ4n) is 7.80. The molecule has 0 bridgehead atoms. The van der Waals surface area contributed by atoms with Crippen molar-refractivity contribution >= 4 is 34.1 Å². The molecule has 0 radical (unpaired) electrons. The van der Waals surface area contributed by atoms with E-state index >= 15 is 0 Å². The number of nitrogens with zero attached hydrogens (tertiary/aromatic N) is 2. The van der Waals surface area contributed by atoms with Gasteiger partial charge in [0.15, 0.2) is 0 Å². The van der Waals surface area contributed by atoms with Crippen molar-refractivity contribution in [2.24, 2.45) is 0 Å². The first-order chi connectivity index (χ1) is 25.3. The Labute approximate surface area is 309 Å². The Morgan fingerprint density at radius 1 is 0.308 bits per heavy atom. The average Bonchev–Trinajstić information content (AvgIpc) is 3.19. The molecule has 8 rings (SSSR count). The lowest BCUT2D eigenvalue weighted by Crippen LogP contribution is -2.33. The van der Waals surface area contributed by atoms with Crippen LogP contribution in [0.3, 0.4) is 0 Å². The highest BCUT2D eigenvalue weighted by atomic mass is 15.1. The van der Waals surface area contributed by atoms with E-state index in [9.17, 15) is 0 Å². The van der Waals surface area contributed by atoms with Crippen LogP contribution in [0.5, 0.6) is 0 Å². The minimum Gasteiger partial charge on any atom is -0.311 e. The van der Waals surface area contributed by atoms with Crippen LogP contribution in [-0.2, 0) is 10.8 Å². The van der Waals surface area contributed by atoms with Gasteiger partial charge in [-0.05, 0) is 130 Å². The summed E-state index contributed by atoms with van der Waals surface area (Å²) < 4.78 is 0. The van der Waals surface area contributed by atoms with E-state index in [1.165, 1.54) is 46.2 Å². The maximum absolute atomic E-state index is 2.45. The molecular weight excluding hydrogens is 629 g/mol. The molecule has 7 aromatic carbocycles. The van der Waals surface area contributed by atoms with Gasteiger partial charge in [0.25, 0.3) is 0 Å². The third-order valence-electron chi connectivity index (χ3n) is 10.9. The summed E-state index contributed by atoms with van der Waals surface area (Å²) in [4.78, 5) is 4.63. The van der Waals surface area contributed by atoms with Gasteiger partial charge in [0, 0.05) is 34.1 Å². The Morgan fingerprint density at radius 2 is 0.596 bits per heavy atom. The molecule has 0 aliphatic heterocycles. The van der Waals surface area contributed by atoms with E-state index in [-0.39, 0.29) is 10.8 Å². The summed E-state index contributed by atoms with van der Waals surface area (Å²) >= 11 is 0. The summed E-state index contributed by atoms with van der Waals surface area (Å²) in [5.74, 6) is 0. The van der Waals surface area contributed by atoms with Gasteiger partial charge in [-0.1, -0.05) is 137 Å². The maximum atomic E-state index is 2.45. The summed E-state index contributed by atoms with van der Waals surface area (Å²) in [5.41, 5.74) is 15.1. The molecule has 0 unspecified atom stereocenters. The number of rotatable bonds is 8. The zero-order chi connectivity index (χ0) is 35.7. The maximum Gasteiger partial charge on any atom is 0.0462 e. The number of anilines is 6. The van der Waals surface area contributed by atoms with Gasteiger partial charge in [-0.2, -0.15) is 0 Å². The molecule has 0 heterocycles. The van der Waals surface area contributed by atoms with Crippen molar-refractivity contribution in [1.82, 2.24) is 0 Å². The zero-order valence-corrected chi connectivity index (χ0v) is 30.6. The van der Waals surface area contributed by atoms with Gasteiger partial charge in [0.2, 0.25) is 0 Å². The third kappa shape index (κ3) is 6.53. The molecule has 0 amide bonds. The molecule has 0 spiro atoms. The van der Waals surface area contributed by atoms with Crippen LogP contribution in [0.15, 0.2) is 182 Å². The highest BCUT2D eigenvalue weighted by Gasteiger charge is 2.37. The molecule has 0 N–H and O–H groups in total. The Hall–Kier alpha value is -5.86. The second-order valence-electron chi connectivity index (χ2n) is 15.3. The smallest absolute Gasteiger partial charge is 0.0462 e. The fourth-order valence-corrected chi connectivity index (χ4v) is 7.80. The molecule has 256 valence electrons. The van der Waals surface area contributed by atoms with Gasteiger partial charge in [-0.3, -0.25) is 0 Å². The number of fused-ring (bicyclic) bond motifs is 1. The molecule has 1 aliphatic carbocycles. The molecule has 0 fully saturated rings. The summed E-state index contributed by atoms with van der Waals surface area (Å²) in [6.45, 7) is 9.58. The van der Waals surface area contributed by atoms with Gasteiger partial charge in [-0.15, -0.1) is 0 Å². The first-order valence-corrected chi connectivity index (χ1v) is 18.5. The van der Waals surface area contributed by atoms with Gasteiger partial charge >= 0.3 is 0 Å². The standard InChI is InChI=1S/C50H46N2/c1-49(2)34-35-50(3,4)48-36-40(26-33-47(48)49)39-24-31-46(32-25-39)52(43-18-12-7-13-19-43)45-29-22-38(23-30-45)37-20-27-44(28-21-37)51(41-14-8-5-9-15-41)42-16-10-6-11-17-42/h5-33,36H,34-35H2,1-4H3. The van der Waals surface area contributed by atoms with E-state index in [4.69, 9.17) is 0 Å². The highest BCUT2D eigenvalue weighted by molar-refractivity contribution is 5.81. The van der Waals surface area contributed by atoms with Crippen LogP contribution in [-0.4, -0.2) is 0 Å². The number of para-hydroxylation sites is 3. The van der Waals surface area contributed by atoms with Crippen molar-refractivity contribution in [3.05, 3.63) is 193 Å². The van der Waals surface area contributed by atoms with Crippen molar-refractivity contribution < 1.29 is 0 Å². The number of hydrogen-bond donors (Lipinski definition) is 0. The van der Waals surface area contributed by atoms with Crippen LogP contribution in [0.1, 0.15) is 51.7 Å².